The minimum atomic E-state index is -3.51. The second-order valence-corrected chi connectivity index (χ2v) is 6.58. The van der Waals surface area contributed by atoms with E-state index in [1.165, 1.54) is 0 Å². The molecule has 1 aromatic rings. The first-order valence-electron chi connectivity index (χ1n) is 6.05. The van der Waals surface area contributed by atoms with Crippen molar-refractivity contribution in [1.82, 2.24) is 0 Å². The van der Waals surface area contributed by atoms with Crippen molar-refractivity contribution in [2.45, 2.75) is 12.8 Å². The molecule has 0 fully saturated rings. The van der Waals surface area contributed by atoms with Gasteiger partial charge in [-0.15, -0.1) is 6.42 Å². The molecular formula is C14H15NO3S. The molecule has 0 unspecified atom stereocenters. The molecule has 19 heavy (non-hydrogen) atoms. The Kier molecular flexibility index (Phi) is 3.91. The lowest BCUT2D eigenvalue weighted by Gasteiger charge is -2.29. The lowest BCUT2D eigenvalue weighted by molar-refractivity contribution is -0.116. The van der Waals surface area contributed by atoms with E-state index in [2.05, 4.69) is 5.92 Å². The summed E-state index contributed by atoms with van der Waals surface area (Å²) >= 11 is 0. The van der Waals surface area contributed by atoms with Crippen molar-refractivity contribution >= 4 is 21.4 Å². The Bertz CT molecular complexity index is 628. The minimum Gasteiger partial charge on any atom is -0.311 e. The number of nitrogens with zero attached hydrogens (tertiary/aromatic N) is 1. The summed E-state index contributed by atoms with van der Waals surface area (Å²) in [6.07, 6.45) is 6.75. The Labute approximate surface area is 113 Å². The van der Waals surface area contributed by atoms with E-state index in [9.17, 15) is 13.2 Å². The van der Waals surface area contributed by atoms with E-state index in [-0.39, 0.29) is 0 Å². The maximum Gasteiger partial charge on any atom is 0.242 e. The number of amides is 1. The topological polar surface area (TPSA) is 54.5 Å². The molecular weight excluding hydrogens is 262 g/mol. The first-order valence-corrected chi connectivity index (χ1v) is 7.88. The predicted octanol–water partition coefficient (Wildman–Crippen LogP) is 1.01. The number of anilines is 1. The van der Waals surface area contributed by atoms with E-state index in [0.717, 1.165) is 24.1 Å². The Morgan fingerprint density at radius 2 is 2.11 bits per heavy atom. The summed E-state index contributed by atoms with van der Waals surface area (Å²) in [6.45, 7) is 0.557. The molecule has 1 aliphatic heterocycles. The van der Waals surface area contributed by atoms with Gasteiger partial charge in [-0.2, -0.15) is 0 Å². The molecule has 1 heterocycles. The van der Waals surface area contributed by atoms with Gasteiger partial charge in [0, 0.05) is 12.2 Å². The van der Waals surface area contributed by atoms with E-state index in [1.54, 1.807) is 4.90 Å². The molecule has 0 aromatic heterocycles. The van der Waals surface area contributed by atoms with Gasteiger partial charge in [0.15, 0.2) is 9.84 Å². The zero-order chi connectivity index (χ0) is 13.9. The minimum absolute atomic E-state index is 0.395. The van der Waals surface area contributed by atoms with Crippen molar-refractivity contribution in [3.05, 3.63) is 29.8 Å². The summed E-state index contributed by atoms with van der Waals surface area (Å²) in [5.74, 6) is 0.759. The van der Waals surface area contributed by atoms with Crippen molar-refractivity contribution in [2.24, 2.45) is 0 Å². The molecule has 0 N–H and O–H groups in total. The Hall–Kier alpha value is -1.80. The Morgan fingerprint density at radius 3 is 2.84 bits per heavy atom. The largest absolute Gasteiger partial charge is 0.311 e. The van der Waals surface area contributed by atoms with Crippen LogP contribution in [-0.4, -0.2) is 32.4 Å². The highest BCUT2D eigenvalue weighted by Gasteiger charge is 2.25. The fraction of sp³-hybridized carbons (Fsp3) is 0.357. The van der Waals surface area contributed by atoms with E-state index in [4.69, 9.17) is 6.42 Å². The van der Waals surface area contributed by atoms with Gasteiger partial charge < -0.3 is 4.90 Å². The zero-order valence-electron chi connectivity index (χ0n) is 10.5. The highest BCUT2D eigenvalue weighted by molar-refractivity contribution is 7.92. The summed E-state index contributed by atoms with van der Waals surface area (Å²) < 4.78 is 23.2. The smallest absolute Gasteiger partial charge is 0.242 e. The number of carbonyl (C=O) groups is 1. The molecule has 0 radical (unpaired) electrons. The summed E-state index contributed by atoms with van der Waals surface area (Å²) in [7, 11) is -3.51. The number of benzene rings is 1. The molecule has 5 heteroatoms. The number of carbonyl (C=O) groups excluding carboxylic acids is 1. The third-order valence-corrected chi connectivity index (χ3v) is 4.35. The van der Waals surface area contributed by atoms with Gasteiger partial charge in [-0.05, 0) is 24.5 Å². The maximum atomic E-state index is 12.1. The molecule has 100 valence electrons. The van der Waals surface area contributed by atoms with Crippen LogP contribution in [0, 0.1) is 12.3 Å². The number of hydrogen-bond donors (Lipinski definition) is 0. The monoisotopic (exact) mass is 277 g/mol. The van der Waals surface area contributed by atoms with Crippen LogP contribution in [0.4, 0.5) is 5.69 Å². The Morgan fingerprint density at radius 1 is 1.37 bits per heavy atom. The molecule has 0 aliphatic carbocycles. The first kappa shape index (κ1) is 13.6. The fourth-order valence-corrected chi connectivity index (χ4v) is 3.12. The summed E-state index contributed by atoms with van der Waals surface area (Å²) in [5, 5.41) is 0. The van der Waals surface area contributed by atoms with Crippen LogP contribution in [0.25, 0.3) is 0 Å². The van der Waals surface area contributed by atoms with Crippen LogP contribution < -0.4 is 4.90 Å². The molecule has 1 aromatic carbocycles. The molecule has 1 aliphatic rings. The van der Waals surface area contributed by atoms with E-state index < -0.39 is 27.3 Å². The zero-order valence-corrected chi connectivity index (χ0v) is 11.3. The van der Waals surface area contributed by atoms with Crippen molar-refractivity contribution in [2.75, 3.05) is 23.0 Å². The third-order valence-electron chi connectivity index (χ3n) is 3.06. The highest BCUT2D eigenvalue weighted by atomic mass is 32.2. The number of aryl methyl sites for hydroxylation is 1. The van der Waals surface area contributed by atoms with Crippen LogP contribution in [0.1, 0.15) is 12.0 Å². The second kappa shape index (κ2) is 5.45. The van der Waals surface area contributed by atoms with Crippen LogP contribution in [0.5, 0.6) is 0 Å². The van der Waals surface area contributed by atoms with Gasteiger partial charge in [0.25, 0.3) is 0 Å². The summed E-state index contributed by atoms with van der Waals surface area (Å²) in [6, 6.07) is 7.58. The number of fused-ring (bicyclic) bond motifs is 1. The predicted molar refractivity (Wildman–Crippen MR) is 74.6 cm³/mol. The van der Waals surface area contributed by atoms with Crippen LogP contribution in [0.15, 0.2) is 24.3 Å². The number of rotatable bonds is 3. The summed E-state index contributed by atoms with van der Waals surface area (Å²) in [5.41, 5.74) is 1.89. The highest BCUT2D eigenvalue weighted by Crippen LogP contribution is 2.26. The van der Waals surface area contributed by atoms with Gasteiger partial charge in [0.1, 0.15) is 11.5 Å². The Balaban J connectivity index is 2.21. The van der Waals surface area contributed by atoms with Gasteiger partial charge in [0.05, 0.1) is 0 Å². The van der Waals surface area contributed by atoms with Crippen LogP contribution in [0.3, 0.4) is 0 Å². The summed E-state index contributed by atoms with van der Waals surface area (Å²) in [4.78, 5) is 13.7. The third kappa shape index (κ3) is 3.15. The maximum absolute atomic E-state index is 12.1. The van der Waals surface area contributed by atoms with Crippen molar-refractivity contribution < 1.29 is 13.2 Å². The average molecular weight is 277 g/mol. The molecule has 0 spiro atoms. The van der Waals surface area contributed by atoms with E-state index in [0.29, 0.717) is 6.54 Å². The van der Waals surface area contributed by atoms with Crippen molar-refractivity contribution in [1.29, 1.82) is 0 Å². The lowest BCUT2D eigenvalue weighted by atomic mass is 10.0. The number of sulfone groups is 1. The molecule has 2 rings (SSSR count). The van der Waals surface area contributed by atoms with Crippen LogP contribution in [-0.2, 0) is 21.1 Å². The van der Waals surface area contributed by atoms with Gasteiger partial charge in [-0.25, -0.2) is 8.42 Å². The van der Waals surface area contributed by atoms with Gasteiger partial charge in [0.2, 0.25) is 5.91 Å². The molecule has 0 atom stereocenters. The SMILES string of the molecule is C#CCS(=O)(=O)CC(=O)N1CCCc2ccccc21. The van der Waals surface area contributed by atoms with Crippen LogP contribution in [0.2, 0.25) is 0 Å². The standard InChI is InChI=1S/C14H15NO3S/c1-2-10-19(17,18)11-14(16)15-9-5-7-12-6-3-4-8-13(12)15/h1,3-4,6,8H,5,7,9-11H2. The number of terminal acetylenes is 1. The molecule has 0 saturated heterocycles. The second-order valence-electron chi connectivity index (χ2n) is 4.51. The van der Waals surface area contributed by atoms with E-state index in [1.807, 2.05) is 24.3 Å². The lowest BCUT2D eigenvalue weighted by Crippen LogP contribution is -2.39. The molecule has 4 nitrogen and oxygen atoms in total. The van der Waals surface area contributed by atoms with Crippen molar-refractivity contribution in [3.63, 3.8) is 0 Å². The average Bonchev–Trinajstić information content (AvgIpc) is 2.37. The fourth-order valence-electron chi connectivity index (χ4n) is 2.24. The molecule has 0 bridgehead atoms. The number of hydrogen-bond acceptors (Lipinski definition) is 3. The van der Waals surface area contributed by atoms with E-state index >= 15 is 0 Å². The number of para-hydroxylation sites is 1. The van der Waals surface area contributed by atoms with Gasteiger partial charge in [-0.3, -0.25) is 4.79 Å². The first-order chi connectivity index (χ1) is 9.03. The quantitative estimate of drug-likeness (QED) is 0.775. The van der Waals surface area contributed by atoms with Crippen LogP contribution >= 0.6 is 0 Å². The van der Waals surface area contributed by atoms with Gasteiger partial charge in [-0.1, -0.05) is 24.1 Å². The van der Waals surface area contributed by atoms with Crippen molar-refractivity contribution in [3.8, 4) is 12.3 Å². The normalized spacial score (nSPS) is 14.6. The van der Waals surface area contributed by atoms with Gasteiger partial charge >= 0.3 is 0 Å². The molecule has 1 amide bonds. The molecule has 0 saturated carbocycles.